The number of benzene rings is 1. The van der Waals surface area contributed by atoms with E-state index < -0.39 is 0 Å². The van der Waals surface area contributed by atoms with Gasteiger partial charge < -0.3 is 10.2 Å². The second-order valence-electron chi connectivity index (χ2n) is 5.68. The van der Waals surface area contributed by atoms with E-state index >= 15 is 0 Å². The summed E-state index contributed by atoms with van der Waals surface area (Å²) in [4.78, 5) is 13.6. The maximum absolute atomic E-state index is 12.1. The molecule has 4 heteroatoms. The highest BCUT2D eigenvalue weighted by Gasteiger charge is 2.17. The molecule has 1 aliphatic rings. The maximum atomic E-state index is 12.1. The molecule has 1 fully saturated rings. The highest BCUT2D eigenvalue weighted by Crippen LogP contribution is 2.16. The number of amides is 1. The molecule has 0 unspecified atom stereocenters. The summed E-state index contributed by atoms with van der Waals surface area (Å²) in [6.45, 7) is 4.93. The van der Waals surface area contributed by atoms with Crippen LogP contribution in [0.5, 0.6) is 0 Å². The minimum Gasteiger partial charge on any atom is -0.345 e. The van der Waals surface area contributed by atoms with Gasteiger partial charge in [-0.15, -0.1) is 0 Å². The van der Waals surface area contributed by atoms with E-state index in [9.17, 15) is 4.79 Å². The van der Waals surface area contributed by atoms with E-state index in [4.69, 9.17) is 0 Å². The molecule has 0 spiro atoms. The molecular formula is C16H24BrN2O+. The molecule has 0 aromatic heterocycles. The number of halogens is 1. The number of hydrogen-bond acceptors (Lipinski definition) is 1. The molecule has 0 aliphatic carbocycles. The lowest BCUT2D eigenvalue weighted by molar-refractivity contribution is -0.891. The molecule has 1 heterocycles. The molecule has 1 atom stereocenters. The second-order valence-corrected chi connectivity index (χ2v) is 6.60. The molecule has 1 aromatic carbocycles. The molecule has 1 aromatic rings. The van der Waals surface area contributed by atoms with Crippen LogP contribution >= 0.6 is 15.9 Å². The van der Waals surface area contributed by atoms with Crippen LogP contribution in [-0.2, 0) is 4.79 Å². The predicted octanol–water partition coefficient (Wildman–Crippen LogP) is 2.09. The van der Waals surface area contributed by atoms with Crippen LogP contribution in [0.1, 0.15) is 44.2 Å². The Labute approximate surface area is 129 Å². The first-order valence-corrected chi connectivity index (χ1v) is 8.33. The summed E-state index contributed by atoms with van der Waals surface area (Å²) in [6.07, 6.45) is 5.15. The first-order chi connectivity index (χ1) is 9.65. The predicted molar refractivity (Wildman–Crippen MR) is 84.7 cm³/mol. The lowest BCUT2D eigenvalue weighted by atomic mass is 10.1. The van der Waals surface area contributed by atoms with Gasteiger partial charge in [-0.05, 0) is 50.3 Å². The van der Waals surface area contributed by atoms with Gasteiger partial charge in [-0.25, -0.2) is 0 Å². The number of nitrogens with one attached hydrogen (secondary N) is 2. The SMILES string of the molecule is C[C@H](NC(=O)C[NH+]1CCCCCC1)c1ccc(Br)cc1. The van der Waals surface area contributed by atoms with Gasteiger partial charge in [0, 0.05) is 4.47 Å². The molecule has 1 saturated heterocycles. The fourth-order valence-corrected chi connectivity index (χ4v) is 3.02. The normalized spacial score (nSPS) is 18.3. The smallest absolute Gasteiger partial charge is 0.275 e. The molecule has 2 N–H and O–H groups in total. The number of likely N-dealkylation sites (tertiary alicyclic amines) is 1. The van der Waals surface area contributed by atoms with Crippen LogP contribution in [0.15, 0.2) is 28.7 Å². The van der Waals surface area contributed by atoms with Gasteiger partial charge in [0.2, 0.25) is 0 Å². The number of rotatable bonds is 4. The summed E-state index contributed by atoms with van der Waals surface area (Å²) >= 11 is 3.43. The van der Waals surface area contributed by atoms with Crippen molar-refractivity contribution in [3.8, 4) is 0 Å². The average Bonchev–Trinajstić information content (AvgIpc) is 2.68. The summed E-state index contributed by atoms with van der Waals surface area (Å²) in [5.74, 6) is 0.164. The zero-order valence-corrected chi connectivity index (χ0v) is 13.7. The summed E-state index contributed by atoms with van der Waals surface area (Å²) in [5.41, 5.74) is 1.15. The monoisotopic (exact) mass is 339 g/mol. The lowest BCUT2D eigenvalue weighted by Gasteiger charge is -2.19. The van der Waals surface area contributed by atoms with Gasteiger partial charge in [0.05, 0.1) is 19.1 Å². The molecule has 110 valence electrons. The minimum atomic E-state index is 0.0713. The molecule has 1 amide bonds. The molecule has 0 bridgehead atoms. The highest BCUT2D eigenvalue weighted by atomic mass is 79.9. The van der Waals surface area contributed by atoms with Crippen molar-refractivity contribution in [3.63, 3.8) is 0 Å². The van der Waals surface area contributed by atoms with Gasteiger partial charge >= 0.3 is 0 Å². The molecule has 1 aliphatic heterocycles. The Kier molecular flexibility index (Phi) is 6.05. The van der Waals surface area contributed by atoms with Crippen LogP contribution in [0, 0.1) is 0 Å². The highest BCUT2D eigenvalue weighted by molar-refractivity contribution is 9.10. The molecule has 0 saturated carbocycles. The lowest BCUT2D eigenvalue weighted by Crippen LogP contribution is -3.13. The quantitative estimate of drug-likeness (QED) is 0.865. The van der Waals surface area contributed by atoms with E-state index in [1.54, 1.807) is 0 Å². The Bertz CT molecular complexity index is 425. The van der Waals surface area contributed by atoms with Gasteiger partial charge in [0.1, 0.15) is 0 Å². The Morgan fingerprint density at radius 3 is 2.40 bits per heavy atom. The van der Waals surface area contributed by atoms with Gasteiger partial charge in [0.25, 0.3) is 5.91 Å². The van der Waals surface area contributed by atoms with E-state index in [1.165, 1.54) is 30.6 Å². The zero-order chi connectivity index (χ0) is 14.4. The minimum absolute atomic E-state index is 0.0713. The Balaban J connectivity index is 1.82. The third-order valence-electron chi connectivity index (χ3n) is 3.97. The molecule has 3 nitrogen and oxygen atoms in total. The Morgan fingerprint density at radius 1 is 1.20 bits per heavy atom. The van der Waals surface area contributed by atoms with E-state index in [1.807, 2.05) is 31.2 Å². The van der Waals surface area contributed by atoms with Crippen LogP contribution < -0.4 is 10.2 Å². The Hall–Kier alpha value is -0.870. The third kappa shape index (κ3) is 4.91. The van der Waals surface area contributed by atoms with Crippen LogP contribution in [0.3, 0.4) is 0 Å². The van der Waals surface area contributed by atoms with Crippen molar-refractivity contribution in [2.24, 2.45) is 0 Å². The van der Waals surface area contributed by atoms with E-state index in [-0.39, 0.29) is 11.9 Å². The van der Waals surface area contributed by atoms with Crippen LogP contribution in [0.2, 0.25) is 0 Å². The van der Waals surface area contributed by atoms with Crippen LogP contribution in [-0.4, -0.2) is 25.5 Å². The van der Waals surface area contributed by atoms with Gasteiger partial charge in [0.15, 0.2) is 6.54 Å². The fraction of sp³-hybridized carbons (Fsp3) is 0.562. The van der Waals surface area contributed by atoms with E-state index in [2.05, 4.69) is 21.2 Å². The summed E-state index contributed by atoms with van der Waals surface area (Å²) in [6, 6.07) is 8.19. The van der Waals surface area contributed by atoms with E-state index in [0.29, 0.717) is 6.54 Å². The fourth-order valence-electron chi connectivity index (χ4n) is 2.76. The number of quaternary nitrogens is 1. The maximum Gasteiger partial charge on any atom is 0.275 e. The van der Waals surface area contributed by atoms with Crippen molar-refractivity contribution in [2.45, 2.75) is 38.6 Å². The van der Waals surface area contributed by atoms with Gasteiger partial charge in [-0.3, -0.25) is 4.79 Å². The number of carbonyl (C=O) groups is 1. The van der Waals surface area contributed by atoms with Crippen LogP contribution in [0.25, 0.3) is 0 Å². The van der Waals surface area contributed by atoms with Gasteiger partial charge in [-0.2, -0.15) is 0 Å². The van der Waals surface area contributed by atoms with Crippen molar-refractivity contribution in [2.75, 3.05) is 19.6 Å². The molecular weight excluding hydrogens is 316 g/mol. The second kappa shape index (κ2) is 7.79. The largest absolute Gasteiger partial charge is 0.345 e. The van der Waals surface area contributed by atoms with Crippen molar-refractivity contribution in [1.29, 1.82) is 0 Å². The van der Waals surface area contributed by atoms with Crippen LogP contribution in [0.4, 0.5) is 0 Å². The zero-order valence-electron chi connectivity index (χ0n) is 12.1. The molecule has 20 heavy (non-hydrogen) atoms. The third-order valence-corrected chi connectivity index (χ3v) is 4.50. The van der Waals surface area contributed by atoms with Crippen molar-refractivity contribution in [1.82, 2.24) is 5.32 Å². The number of carbonyl (C=O) groups excluding carboxylic acids is 1. The van der Waals surface area contributed by atoms with Crippen molar-refractivity contribution in [3.05, 3.63) is 34.3 Å². The number of hydrogen-bond donors (Lipinski definition) is 2. The summed E-state index contributed by atoms with van der Waals surface area (Å²) in [5, 5.41) is 3.11. The van der Waals surface area contributed by atoms with Crippen molar-refractivity contribution >= 4 is 21.8 Å². The first-order valence-electron chi connectivity index (χ1n) is 7.53. The Morgan fingerprint density at radius 2 is 1.80 bits per heavy atom. The van der Waals surface area contributed by atoms with Crippen molar-refractivity contribution < 1.29 is 9.69 Å². The summed E-state index contributed by atoms with van der Waals surface area (Å²) < 4.78 is 1.06. The summed E-state index contributed by atoms with van der Waals surface area (Å²) in [7, 11) is 0. The standard InChI is InChI=1S/C16H23BrN2O/c1-13(14-6-8-15(17)9-7-14)18-16(20)12-19-10-4-2-3-5-11-19/h6-9,13H,2-5,10-12H2,1H3,(H,18,20)/p+1/t13-/m0/s1. The molecule has 0 radical (unpaired) electrons. The first kappa shape index (κ1) is 15.5. The average molecular weight is 340 g/mol. The van der Waals surface area contributed by atoms with E-state index in [0.717, 1.165) is 23.1 Å². The van der Waals surface area contributed by atoms with Gasteiger partial charge in [-0.1, -0.05) is 28.1 Å². The topological polar surface area (TPSA) is 33.5 Å². The molecule has 2 rings (SSSR count).